The van der Waals surface area contributed by atoms with E-state index >= 15 is 0 Å². The molecule has 0 bridgehead atoms. The number of rotatable bonds is 4. The first-order valence-electron chi connectivity index (χ1n) is 6.01. The van der Waals surface area contributed by atoms with Crippen molar-refractivity contribution in [2.75, 3.05) is 0 Å². The number of nitrogens with one attached hydrogen (secondary N) is 1. The summed E-state index contributed by atoms with van der Waals surface area (Å²) in [5.74, 6) is 0.0789. The Labute approximate surface area is 109 Å². The van der Waals surface area contributed by atoms with Gasteiger partial charge in [-0.05, 0) is 31.9 Å². The molecule has 0 aliphatic heterocycles. The summed E-state index contributed by atoms with van der Waals surface area (Å²) in [5.41, 5.74) is 0.801. The molecule has 1 amide bonds. The number of carbonyl (C=O) groups is 1. The summed E-state index contributed by atoms with van der Waals surface area (Å²) in [6.45, 7) is 1.90. The number of pyridine rings is 1. The summed E-state index contributed by atoms with van der Waals surface area (Å²) in [6, 6.07) is 6.14. The van der Waals surface area contributed by atoms with Gasteiger partial charge in [0.1, 0.15) is 0 Å². The first kappa shape index (κ1) is 11.5. The van der Waals surface area contributed by atoms with Crippen molar-refractivity contribution in [1.29, 1.82) is 0 Å². The zero-order chi connectivity index (χ0) is 12.5. The molecular weight excluding hydrogens is 248 g/mol. The molecule has 0 saturated heterocycles. The van der Waals surface area contributed by atoms with Gasteiger partial charge in [0.15, 0.2) is 10.8 Å². The molecule has 0 unspecified atom stereocenters. The van der Waals surface area contributed by atoms with Crippen molar-refractivity contribution in [3.05, 3.63) is 24.4 Å². The van der Waals surface area contributed by atoms with Crippen LogP contribution in [0.25, 0.3) is 5.65 Å². The maximum Gasteiger partial charge on any atom is 0.233 e. The van der Waals surface area contributed by atoms with Crippen LogP contribution in [-0.4, -0.2) is 31.8 Å². The summed E-state index contributed by atoms with van der Waals surface area (Å²) >= 11 is 1.43. The molecule has 0 aromatic carbocycles. The van der Waals surface area contributed by atoms with E-state index in [0.717, 1.165) is 23.6 Å². The molecule has 1 fully saturated rings. The maximum atomic E-state index is 11.9. The standard InChI is InChI=1S/C12H14N4OS/c1-8(11(17)13-9-5-6-9)18-12-15-14-10-4-2-3-7-16(10)12/h2-4,7-9H,5-6H2,1H3,(H,13,17)/t8-/m0/s1. The van der Waals surface area contributed by atoms with Gasteiger partial charge in [0.25, 0.3) is 0 Å². The lowest BCUT2D eigenvalue weighted by Gasteiger charge is -2.09. The van der Waals surface area contributed by atoms with Crippen molar-refractivity contribution in [2.24, 2.45) is 0 Å². The smallest absolute Gasteiger partial charge is 0.233 e. The number of carbonyl (C=O) groups excluding carboxylic acids is 1. The molecule has 5 nitrogen and oxygen atoms in total. The molecule has 2 aromatic rings. The van der Waals surface area contributed by atoms with E-state index in [1.165, 1.54) is 11.8 Å². The van der Waals surface area contributed by atoms with Gasteiger partial charge in [-0.2, -0.15) is 0 Å². The molecule has 2 heterocycles. The molecule has 6 heteroatoms. The predicted molar refractivity (Wildman–Crippen MR) is 69.5 cm³/mol. The van der Waals surface area contributed by atoms with Crippen LogP contribution in [0.1, 0.15) is 19.8 Å². The molecule has 1 saturated carbocycles. The topological polar surface area (TPSA) is 59.3 Å². The van der Waals surface area contributed by atoms with Crippen LogP contribution in [0.2, 0.25) is 0 Å². The molecule has 1 atom stereocenters. The molecule has 0 radical (unpaired) electrons. The second-order valence-corrected chi connectivity index (χ2v) is 5.76. The number of nitrogens with zero attached hydrogens (tertiary/aromatic N) is 3. The fourth-order valence-electron chi connectivity index (χ4n) is 1.66. The van der Waals surface area contributed by atoms with Crippen molar-refractivity contribution in [1.82, 2.24) is 19.9 Å². The lowest BCUT2D eigenvalue weighted by Crippen LogP contribution is -2.32. The lowest BCUT2D eigenvalue weighted by atomic mass is 10.4. The van der Waals surface area contributed by atoms with Crippen LogP contribution in [0.3, 0.4) is 0 Å². The first-order valence-corrected chi connectivity index (χ1v) is 6.89. The Bertz CT molecular complexity index is 578. The second-order valence-electron chi connectivity index (χ2n) is 4.45. The first-order chi connectivity index (χ1) is 8.74. The fraction of sp³-hybridized carbons (Fsp3) is 0.417. The Balaban J connectivity index is 1.72. The molecule has 2 aromatic heterocycles. The third-order valence-electron chi connectivity index (χ3n) is 2.86. The van der Waals surface area contributed by atoms with Crippen LogP contribution in [0, 0.1) is 0 Å². The van der Waals surface area contributed by atoms with E-state index in [2.05, 4.69) is 15.5 Å². The quantitative estimate of drug-likeness (QED) is 0.848. The van der Waals surface area contributed by atoms with Gasteiger partial charge in [0.05, 0.1) is 5.25 Å². The predicted octanol–water partition coefficient (Wildman–Crippen LogP) is 1.49. The maximum absolute atomic E-state index is 11.9. The second kappa shape index (κ2) is 4.61. The van der Waals surface area contributed by atoms with Gasteiger partial charge < -0.3 is 5.32 Å². The number of hydrogen-bond acceptors (Lipinski definition) is 4. The van der Waals surface area contributed by atoms with Gasteiger partial charge >= 0.3 is 0 Å². The van der Waals surface area contributed by atoms with Gasteiger partial charge in [-0.15, -0.1) is 10.2 Å². The minimum absolute atomic E-state index is 0.0789. The number of fused-ring (bicyclic) bond motifs is 1. The summed E-state index contributed by atoms with van der Waals surface area (Å²) < 4.78 is 1.89. The normalized spacial score (nSPS) is 16.7. The number of amides is 1. The van der Waals surface area contributed by atoms with Crippen LogP contribution < -0.4 is 5.32 Å². The van der Waals surface area contributed by atoms with Crippen molar-refractivity contribution in [2.45, 2.75) is 36.2 Å². The Morgan fingerprint density at radius 2 is 2.33 bits per heavy atom. The van der Waals surface area contributed by atoms with Crippen molar-refractivity contribution < 1.29 is 4.79 Å². The van der Waals surface area contributed by atoms with Gasteiger partial charge in [0, 0.05) is 12.2 Å². The Morgan fingerprint density at radius 1 is 1.50 bits per heavy atom. The highest BCUT2D eigenvalue weighted by Crippen LogP contribution is 2.24. The average Bonchev–Trinajstić information content (AvgIpc) is 3.10. The minimum atomic E-state index is -0.154. The molecule has 1 aliphatic rings. The van der Waals surface area contributed by atoms with Gasteiger partial charge in [0.2, 0.25) is 5.91 Å². The molecule has 1 N–H and O–H groups in total. The summed E-state index contributed by atoms with van der Waals surface area (Å²) in [6.07, 6.45) is 4.12. The van der Waals surface area contributed by atoms with Crippen LogP contribution >= 0.6 is 11.8 Å². The number of aromatic nitrogens is 3. The van der Waals surface area contributed by atoms with Crippen molar-refractivity contribution in [3.8, 4) is 0 Å². The largest absolute Gasteiger partial charge is 0.352 e. The van der Waals surface area contributed by atoms with Crippen LogP contribution in [-0.2, 0) is 4.79 Å². The van der Waals surface area contributed by atoms with Gasteiger partial charge in [-0.1, -0.05) is 17.8 Å². The Hall–Kier alpha value is -1.56. The third-order valence-corrected chi connectivity index (χ3v) is 3.91. The molecule has 18 heavy (non-hydrogen) atoms. The van der Waals surface area contributed by atoms with E-state index in [-0.39, 0.29) is 11.2 Å². The Morgan fingerprint density at radius 3 is 3.11 bits per heavy atom. The molecule has 0 spiro atoms. The van der Waals surface area contributed by atoms with Gasteiger partial charge in [-0.25, -0.2) is 0 Å². The fourth-order valence-corrected chi connectivity index (χ4v) is 2.50. The summed E-state index contributed by atoms with van der Waals surface area (Å²) in [7, 11) is 0. The summed E-state index contributed by atoms with van der Waals surface area (Å²) in [4.78, 5) is 11.9. The van der Waals surface area contributed by atoms with E-state index in [9.17, 15) is 4.79 Å². The SMILES string of the molecule is C[C@H](Sc1nnc2ccccn12)C(=O)NC1CC1. The third kappa shape index (κ3) is 2.33. The van der Waals surface area contributed by atoms with Crippen molar-refractivity contribution in [3.63, 3.8) is 0 Å². The average molecular weight is 262 g/mol. The molecule has 3 rings (SSSR count). The monoisotopic (exact) mass is 262 g/mol. The number of thioether (sulfide) groups is 1. The van der Waals surface area contributed by atoms with Gasteiger partial charge in [-0.3, -0.25) is 9.20 Å². The van der Waals surface area contributed by atoms with Crippen molar-refractivity contribution >= 4 is 23.3 Å². The van der Waals surface area contributed by atoms with Crippen LogP contribution in [0.5, 0.6) is 0 Å². The van der Waals surface area contributed by atoms with E-state index in [1.54, 1.807) is 0 Å². The van der Waals surface area contributed by atoms with E-state index in [1.807, 2.05) is 35.7 Å². The highest BCUT2D eigenvalue weighted by atomic mass is 32.2. The summed E-state index contributed by atoms with van der Waals surface area (Å²) in [5, 5.41) is 11.8. The van der Waals surface area contributed by atoms with E-state index < -0.39 is 0 Å². The lowest BCUT2D eigenvalue weighted by molar-refractivity contribution is -0.120. The zero-order valence-electron chi connectivity index (χ0n) is 10.0. The van der Waals surface area contributed by atoms with Crippen LogP contribution in [0.4, 0.5) is 0 Å². The number of hydrogen-bond donors (Lipinski definition) is 1. The highest BCUT2D eigenvalue weighted by Gasteiger charge is 2.26. The molecular formula is C12H14N4OS. The van der Waals surface area contributed by atoms with E-state index in [0.29, 0.717) is 6.04 Å². The molecule has 94 valence electrons. The molecule has 1 aliphatic carbocycles. The highest BCUT2D eigenvalue weighted by molar-refractivity contribution is 8.00. The van der Waals surface area contributed by atoms with E-state index in [4.69, 9.17) is 0 Å². The Kier molecular flexibility index (Phi) is 2.95. The van der Waals surface area contributed by atoms with Crippen LogP contribution in [0.15, 0.2) is 29.6 Å². The minimum Gasteiger partial charge on any atom is -0.352 e. The zero-order valence-corrected chi connectivity index (χ0v) is 10.9.